The van der Waals surface area contributed by atoms with E-state index in [0.717, 1.165) is 23.1 Å². The third-order valence-electron chi connectivity index (χ3n) is 5.77. The van der Waals surface area contributed by atoms with Gasteiger partial charge < -0.3 is 10.2 Å². The van der Waals surface area contributed by atoms with Gasteiger partial charge in [-0.05, 0) is 36.1 Å². The van der Waals surface area contributed by atoms with Gasteiger partial charge in [0.15, 0.2) is 0 Å². The lowest BCUT2D eigenvalue weighted by Crippen LogP contribution is -2.52. The Kier molecular flexibility index (Phi) is 9.08. The van der Waals surface area contributed by atoms with Crippen LogP contribution in [-0.2, 0) is 29.0 Å². The molecule has 0 spiro atoms. The maximum Gasteiger partial charge on any atom is 0.243 e. The second-order valence-electron chi connectivity index (χ2n) is 8.30. The zero-order valence-corrected chi connectivity index (χ0v) is 20.0. The summed E-state index contributed by atoms with van der Waals surface area (Å²) < 4.78 is 0. The summed E-state index contributed by atoms with van der Waals surface area (Å²) in [5, 5.41) is 3.66. The predicted molar refractivity (Wildman–Crippen MR) is 134 cm³/mol. The van der Waals surface area contributed by atoms with Gasteiger partial charge in [0.25, 0.3) is 0 Å². The van der Waals surface area contributed by atoms with Crippen molar-refractivity contribution in [3.63, 3.8) is 0 Å². The first-order chi connectivity index (χ1) is 16.0. The van der Waals surface area contributed by atoms with Crippen LogP contribution in [0.2, 0.25) is 5.02 Å². The highest BCUT2D eigenvalue weighted by Gasteiger charge is 2.31. The van der Waals surface area contributed by atoms with Crippen LogP contribution in [0, 0.1) is 0 Å². The molecule has 0 unspecified atom stereocenters. The van der Waals surface area contributed by atoms with Crippen molar-refractivity contribution in [2.75, 3.05) is 0 Å². The van der Waals surface area contributed by atoms with E-state index in [4.69, 9.17) is 11.6 Å². The van der Waals surface area contributed by atoms with Crippen LogP contribution in [0.25, 0.3) is 0 Å². The maximum atomic E-state index is 13.6. The van der Waals surface area contributed by atoms with Crippen molar-refractivity contribution in [3.05, 3.63) is 107 Å². The van der Waals surface area contributed by atoms with Gasteiger partial charge in [-0.1, -0.05) is 97.4 Å². The van der Waals surface area contributed by atoms with Crippen molar-refractivity contribution in [2.24, 2.45) is 0 Å². The number of hydrogen-bond donors (Lipinski definition) is 1. The summed E-state index contributed by atoms with van der Waals surface area (Å²) in [5.74, 6) is -0.261. The molecule has 33 heavy (non-hydrogen) atoms. The summed E-state index contributed by atoms with van der Waals surface area (Å²) in [6.07, 6.45) is 1.45. The monoisotopic (exact) mass is 462 g/mol. The quantitative estimate of drug-likeness (QED) is 0.436. The van der Waals surface area contributed by atoms with E-state index in [9.17, 15) is 9.59 Å². The largest absolute Gasteiger partial charge is 0.352 e. The van der Waals surface area contributed by atoms with Crippen molar-refractivity contribution in [1.82, 2.24) is 10.2 Å². The van der Waals surface area contributed by atoms with Crippen LogP contribution in [0.15, 0.2) is 84.9 Å². The van der Waals surface area contributed by atoms with E-state index < -0.39 is 6.04 Å². The van der Waals surface area contributed by atoms with Crippen LogP contribution >= 0.6 is 11.6 Å². The molecular weight excluding hydrogens is 432 g/mol. The minimum Gasteiger partial charge on any atom is -0.352 e. The molecule has 1 N–H and O–H groups in total. The summed E-state index contributed by atoms with van der Waals surface area (Å²) in [7, 11) is 0. The van der Waals surface area contributed by atoms with Crippen LogP contribution < -0.4 is 5.32 Å². The molecule has 172 valence electrons. The highest BCUT2D eigenvalue weighted by Crippen LogP contribution is 2.21. The summed E-state index contributed by atoms with van der Waals surface area (Å²) in [4.78, 5) is 28.8. The number of benzene rings is 3. The molecule has 3 aromatic rings. The fourth-order valence-corrected chi connectivity index (χ4v) is 3.87. The number of carbonyl (C=O) groups excluding carboxylic acids is 2. The molecule has 2 atom stereocenters. The number of rotatable bonds is 10. The zero-order chi connectivity index (χ0) is 23.6. The van der Waals surface area contributed by atoms with E-state index in [1.807, 2.05) is 98.8 Å². The van der Waals surface area contributed by atoms with E-state index in [1.165, 1.54) is 0 Å². The first-order valence-electron chi connectivity index (χ1n) is 11.4. The Labute approximate surface area is 201 Å². The highest BCUT2D eigenvalue weighted by atomic mass is 35.5. The smallest absolute Gasteiger partial charge is 0.243 e. The van der Waals surface area contributed by atoms with Gasteiger partial charge in [0.05, 0.1) is 6.42 Å². The summed E-state index contributed by atoms with van der Waals surface area (Å²) >= 11 is 6.45. The van der Waals surface area contributed by atoms with Gasteiger partial charge in [-0.2, -0.15) is 0 Å². The van der Waals surface area contributed by atoms with Crippen molar-refractivity contribution in [1.29, 1.82) is 0 Å². The molecule has 0 bridgehead atoms. The van der Waals surface area contributed by atoms with Crippen LogP contribution in [0.4, 0.5) is 0 Å². The Morgan fingerprint density at radius 3 is 2.06 bits per heavy atom. The Balaban J connectivity index is 1.97. The molecule has 0 fully saturated rings. The topological polar surface area (TPSA) is 49.4 Å². The lowest BCUT2D eigenvalue weighted by molar-refractivity contribution is -0.141. The standard InChI is InChI=1S/C28H31ClN2O2/c1-3-21(2)30-28(33)26(18-22-12-6-4-7-13-22)31(20-24-16-10-11-17-25(24)29)27(32)19-23-14-8-5-9-15-23/h4-17,21,26H,3,18-20H2,1-2H3,(H,30,33)/t21-,26+/m1/s1. The third-order valence-corrected chi connectivity index (χ3v) is 6.14. The van der Waals surface area contributed by atoms with Gasteiger partial charge in [0, 0.05) is 24.0 Å². The minimum absolute atomic E-state index is 0.0159. The average molecular weight is 463 g/mol. The van der Waals surface area contributed by atoms with Crippen molar-refractivity contribution < 1.29 is 9.59 Å². The third kappa shape index (κ3) is 7.19. The molecule has 0 saturated carbocycles. The molecule has 0 aliphatic rings. The summed E-state index contributed by atoms with van der Waals surface area (Å²) in [6.45, 7) is 4.26. The molecule has 0 radical (unpaired) electrons. The molecule has 0 aromatic heterocycles. The second-order valence-corrected chi connectivity index (χ2v) is 8.71. The Hall–Kier alpha value is -3.11. The first-order valence-corrected chi connectivity index (χ1v) is 11.8. The molecule has 3 aromatic carbocycles. The van der Waals surface area contributed by atoms with Gasteiger partial charge >= 0.3 is 0 Å². The Morgan fingerprint density at radius 2 is 1.45 bits per heavy atom. The SMILES string of the molecule is CC[C@@H](C)NC(=O)[C@H](Cc1ccccc1)N(Cc1ccccc1Cl)C(=O)Cc1ccccc1. The molecule has 3 rings (SSSR count). The fraction of sp³-hybridized carbons (Fsp3) is 0.286. The molecule has 2 amide bonds. The van der Waals surface area contributed by atoms with E-state index in [2.05, 4.69) is 5.32 Å². The van der Waals surface area contributed by atoms with Crippen LogP contribution in [0.3, 0.4) is 0 Å². The number of hydrogen-bond acceptors (Lipinski definition) is 2. The summed E-state index contributed by atoms with van der Waals surface area (Å²) in [6, 6.07) is 26.2. The predicted octanol–water partition coefficient (Wildman–Crippen LogP) is 5.44. The number of amides is 2. The first kappa shape index (κ1) is 24.5. The lowest BCUT2D eigenvalue weighted by Gasteiger charge is -2.32. The van der Waals surface area contributed by atoms with Crippen LogP contribution in [0.1, 0.15) is 37.0 Å². The minimum atomic E-state index is -0.658. The zero-order valence-electron chi connectivity index (χ0n) is 19.2. The van der Waals surface area contributed by atoms with Gasteiger partial charge in [0.1, 0.15) is 6.04 Å². The van der Waals surface area contributed by atoms with Gasteiger partial charge in [-0.3, -0.25) is 9.59 Å². The number of nitrogens with one attached hydrogen (secondary N) is 1. The average Bonchev–Trinajstić information content (AvgIpc) is 2.83. The van der Waals surface area contributed by atoms with Gasteiger partial charge in [-0.25, -0.2) is 0 Å². The fourth-order valence-electron chi connectivity index (χ4n) is 3.68. The molecule has 0 aliphatic carbocycles. The molecule has 4 nitrogen and oxygen atoms in total. The molecular formula is C28H31ClN2O2. The van der Waals surface area contributed by atoms with Crippen LogP contribution in [0.5, 0.6) is 0 Å². The van der Waals surface area contributed by atoms with E-state index in [1.54, 1.807) is 4.90 Å². The number of halogens is 1. The number of carbonyl (C=O) groups is 2. The van der Waals surface area contributed by atoms with Gasteiger partial charge in [-0.15, -0.1) is 0 Å². The lowest BCUT2D eigenvalue weighted by atomic mass is 10.0. The normalized spacial score (nSPS) is 12.6. The highest BCUT2D eigenvalue weighted by molar-refractivity contribution is 6.31. The van der Waals surface area contributed by atoms with E-state index in [-0.39, 0.29) is 30.8 Å². The van der Waals surface area contributed by atoms with Crippen molar-refractivity contribution in [2.45, 2.75) is 51.7 Å². The van der Waals surface area contributed by atoms with Gasteiger partial charge in [0.2, 0.25) is 11.8 Å². The maximum absolute atomic E-state index is 13.6. The Bertz CT molecular complexity index is 1040. The van der Waals surface area contributed by atoms with E-state index in [0.29, 0.717) is 11.4 Å². The van der Waals surface area contributed by atoms with E-state index >= 15 is 0 Å². The number of nitrogens with zero attached hydrogens (tertiary/aromatic N) is 1. The molecule has 5 heteroatoms. The Morgan fingerprint density at radius 1 is 0.879 bits per heavy atom. The van der Waals surface area contributed by atoms with Crippen molar-refractivity contribution >= 4 is 23.4 Å². The van der Waals surface area contributed by atoms with Crippen molar-refractivity contribution in [3.8, 4) is 0 Å². The van der Waals surface area contributed by atoms with Crippen LogP contribution in [-0.4, -0.2) is 28.8 Å². The molecule has 0 saturated heterocycles. The summed E-state index contributed by atoms with van der Waals surface area (Å²) in [5.41, 5.74) is 2.72. The molecule has 0 aliphatic heterocycles. The molecule has 0 heterocycles. The second kappa shape index (κ2) is 12.2.